The minimum absolute atomic E-state index is 0.0714. The van der Waals surface area contributed by atoms with Gasteiger partial charge in [-0.3, -0.25) is 9.48 Å². The molecule has 1 aliphatic heterocycles. The Morgan fingerprint density at radius 1 is 1.29 bits per heavy atom. The van der Waals surface area contributed by atoms with E-state index in [1.165, 1.54) is 5.01 Å². The molecule has 2 aliphatic rings. The number of halogens is 2. The molecule has 0 saturated heterocycles. The van der Waals surface area contributed by atoms with Crippen LogP contribution in [0.3, 0.4) is 0 Å². The van der Waals surface area contributed by atoms with Crippen molar-refractivity contribution in [2.24, 2.45) is 12.1 Å². The maximum atomic E-state index is 13.2. The van der Waals surface area contributed by atoms with Crippen LogP contribution < -0.4 is 0 Å². The Bertz CT molecular complexity index is 571. The van der Waals surface area contributed by atoms with Crippen LogP contribution in [0.25, 0.3) is 0 Å². The lowest BCUT2D eigenvalue weighted by molar-refractivity contribution is -0.137. The van der Waals surface area contributed by atoms with E-state index in [9.17, 15) is 13.6 Å². The molecule has 114 valence electrons. The average molecular weight is 296 g/mol. The molecule has 0 unspecified atom stereocenters. The number of rotatable bonds is 2. The molecule has 1 aromatic rings. The maximum Gasteiger partial charge on any atom is 0.248 e. The molecule has 1 saturated carbocycles. The summed E-state index contributed by atoms with van der Waals surface area (Å²) in [5.41, 5.74) is 1.69. The van der Waals surface area contributed by atoms with Crippen molar-refractivity contribution in [1.82, 2.24) is 14.8 Å². The van der Waals surface area contributed by atoms with E-state index < -0.39 is 5.92 Å². The summed E-state index contributed by atoms with van der Waals surface area (Å²) in [5, 5.41) is 9.95. The summed E-state index contributed by atoms with van der Waals surface area (Å²) in [6.07, 6.45) is 4.79. The molecular weight excluding hydrogens is 278 g/mol. The van der Waals surface area contributed by atoms with Crippen LogP contribution in [0.5, 0.6) is 0 Å². The van der Waals surface area contributed by atoms with Gasteiger partial charge in [-0.25, -0.2) is 13.8 Å². The number of carbonyl (C=O) groups is 1. The topological polar surface area (TPSA) is 50.5 Å². The van der Waals surface area contributed by atoms with Crippen molar-refractivity contribution in [2.45, 2.75) is 50.5 Å². The Morgan fingerprint density at radius 3 is 2.62 bits per heavy atom. The van der Waals surface area contributed by atoms with Crippen molar-refractivity contribution in [3.05, 3.63) is 18.0 Å². The van der Waals surface area contributed by atoms with E-state index in [0.29, 0.717) is 25.7 Å². The Hall–Kier alpha value is -1.79. The van der Waals surface area contributed by atoms with E-state index in [1.807, 2.05) is 13.2 Å². The zero-order chi connectivity index (χ0) is 15.0. The van der Waals surface area contributed by atoms with Gasteiger partial charge in [0.1, 0.15) is 0 Å². The third kappa shape index (κ3) is 2.96. The van der Waals surface area contributed by atoms with Gasteiger partial charge in [0, 0.05) is 44.5 Å². The first-order valence-corrected chi connectivity index (χ1v) is 7.21. The van der Waals surface area contributed by atoms with Crippen molar-refractivity contribution < 1.29 is 13.6 Å². The van der Waals surface area contributed by atoms with Crippen LogP contribution in [0.1, 0.15) is 44.1 Å². The van der Waals surface area contributed by atoms with Crippen molar-refractivity contribution in [2.75, 3.05) is 0 Å². The fourth-order valence-electron chi connectivity index (χ4n) is 2.90. The highest BCUT2D eigenvalue weighted by atomic mass is 19.3. The minimum atomic E-state index is -2.59. The summed E-state index contributed by atoms with van der Waals surface area (Å²) in [4.78, 5) is 12.0. The van der Waals surface area contributed by atoms with Crippen LogP contribution in [-0.4, -0.2) is 38.4 Å². The quantitative estimate of drug-likeness (QED) is 0.841. The normalized spacial score (nSPS) is 23.3. The molecule has 0 atom stereocenters. The first-order valence-electron chi connectivity index (χ1n) is 7.21. The van der Waals surface area contributed by atoms with Gasteiger partial charge < -0.3 is 0 Å². The van der Waals surface area contributed by atoms with Crippen LogP contribution in [0.2, 0.25) is 0 Å². The van der Waals surface area contributed by atoms with Crippen LogP contribution in [-0.2, 0) is 11.8 Å². The van der Waals surface area contributed by atoms with Gasteiger partial charge in [0.25, 0.3) is 0 Å². The zero-order valence-corrected chi connectivity index (χ0v) is 11.9. The molecule has 0 bridgehead atoms. The van der Waals surface area contributed by atoms with Gasteiger partial charge in [-0.2, -0.15) is 10.2 Å². The molecule has 1 aliphatic carbocycles. The monoisotopic (exact) mass is 296 g/mol. The third-order valence-corrected chi connectivity index (χ3v) is 4.13. The molecule has 0 radical (unpaired) electrons. The fraction of sp³-hybridized carbons (Fsp3) is 0.643. The predicted octanol–water partition coefficient (Wildman–Crippen LogP) is 2.32. The Balaban J connectivity index is 1.78. The van der Waals surface area contributed by atoms with Crippen LogP contribution in [0.15, 0.2) is 17.5 Å². The number of aromatic nitrogens is 2. The Morgan fingerprint density at radius 2 is 2.00 bits per heavy atom. The van der Waals surface area contributed by atoms with Gasteiger partial charge in [-0.1, -0.05) is 0 Å². The van der Waals surface area contributed by atoms with Crippen LogP contribution >= 0.6 is 0 Å². The number of hydrazone groups is 1. The fourth-order valence-corrected chi connectivity index (χ4v) is 2.90. The van der Waals surface area contributed by atoms with E-state index >= 15 is 0 Å². The molecule has 2 heterocycles. The van der Waals surface area contributed by atoms with Gasteiger partial charge in [0.15, 0.2) is 0 Å². The van der Waals surface area contributed by atoms with Crippen molar-refractivity contribution in [3.63, 3.8) is 0 Å². The van der Waals surface area contributed by atoms with Gasteiger partial charge in [0.2, 0.25) is 11.8 Å². The average Bonchev–Trinajstić information content (AvgIpc) is 2.86. The molecule has 0 N–H and O–H groups in total. The number of hydrogen-bond donors (Lipinski definition) is 0. The van der Waals surface area contributed by atoms with Gasteiger partial charge in [-0.15, -0.1) is 0 Å². The second-order valence-corrected chi connectivity index (χ2v) is 5.77. The summed E-state index contributed by atoms with van der Waals surface area (Å²) in [6.45, 7) is 0. The smallest absolute Gasteiger partial charge is 0.248 e. The highest BCUT2D eigenvalue weighted by Crippen LogP contribution is 2.36. The van der Waals surface area contributed by atoms with Crippen LogP contribution in [0, 0.1) is 0 Å². The van der Waals surface area contributed by atoms with E-state index in [-0.39, 0.29) is 24.8 Å². The third-order valence-electron chi connectivity index (χ3n) is 4.13. The molecule has 1 fully saturated rings. The molecule has 21 heavy (non-hydrogen) atoms. The highest BCUT2D eigenvalue weighted by molar-refractivity contribution is 6.03. The van der Waals surface area contributed by atoms with Gasteiger partial charge >= 0.3 is 0 Å². The van der Waals surface area contributed by atoms with Crippen molar-refractivity contribution >= 4 is 11.6 Å². The molecular formula is C14H18F2N4O. The number of amides is 1. The largest absolute Gasteiger partial charge is 0.275 e. The summed E-state index contributed by atoms with van der Waals surface area (Å²) in [5.74, 6) is -2.66. The van der Waals surface area contributed by atoms with Crippen molar-refractivity contribution in [1.29, 1.82) is 0 Å². The van der Waals surface area contributed by atoms with Crippen LogP contribution in [0.4, 0.5) is 8.78 Å². The molecule has 7 heteroatoms. The standard InChI is InChI=1S/C14H18F2N4O/c1-19-9-10(8-17-19)12-2-3-13(21)20(18-12)11-4-6-14(15,16)7-5-11/h8-9,11H,2-7H2,1H3. The SMILES string of the molecule is Cn1cc(C2=NN(C3CCC(F)(F)CC3)C(=O)CC2)cn1. The highest BCUT2D eigenvalue weighted by Gasteiger charge is 2.39. The molecule has 1 amide bonds. The van der Waals surface area contributed by atoms with Gasteiger partial charge in [-0.05, 0) is 12.8 Å². The van der Waals surface area contributed by atoms with E-state index in [4.69, 9.17) is 0 Å². The summed E-state index contributed by atoms with van der Waals surface area (Å²) in [6, 6.07) is -0.205. The molecule has 1 aromatic heterocycles. The van der Waals surface area contributed by atoms with Crippen molar-refractivity contribution in [3.8, 4) is 0 Å². The first-order chi connectivity index (χ1) is 9.94. The number of nitrogens with zero attached hydrogens (tertiary/aromatic N) is 4. The van der Waals surface area contributed by atoms with E-state index in [2.05, 4.69) is 10.2 Å². The van der Waals surface area contributed by atoms with E-state index in [0.717, 1.165) is 11.3 Å². The zero-order valence-electron chi connectivity index (χ0n) is 11.9. The first kappa shape index (κ1) is 14.2. The predicted molar refractivity (Wildman–Crippen MR) is 73.0 cm³/mol. The molecule has 0 aromatic carbocycles. The lowest BCUT2D eigenvalue weighted by atomic mass is 9.91. The summed E-state index contributed by atoms with van der Waals surface area (Å²) < 4.78 is 28.2. The second kappa shape index (κ2) is 5.20. The summed E-state index contributed by atoms with van der Waals surface area (Å²) >= 11 is 0. The maximum absolute atomic E-state index is 13.2. The van der Waals surface area contributed by atoms with Gasteiger partial charge in [0.05, 0.1) is 18.0 Å². The lowest BCUT2D eigenvalue weighted by Crippen LogP contribution is -2.43. The molecule has 5 nitrogen and oxygen atoms in total. The lowest BCUT2D eigenvalue weighted by Gasteiger charge is -2.35. The number of carbonyl (C=O) groups excluding carboxylic acids is 1. The summed E-state index contributed by atoms with van der Waals surface area (Å²) in [7, 11) is 1.82. The molecule has 0 spiro atoms. The Labute approximate surface area is 121 Å². The van der Waals surface area contributed by atoms with E-state index in [1.54, 1.807) is 10.9 Å². The Kier molecular flexibility index (Phi) is 3.51. The number of alkyl halides is 2. The minimum Gasteiger partial charge on any atom is -0.275 e. The molecule has 3 rings (SSSR count). The number of hydrogen-bond acceptors (Lipinski definition) is 3. The number of aryl methyl sites for hydroxylation is 1. The second-order valence-electron chi connectivity index (χ2n) is 5.77.